The molecule has 0 unspecified atom stereocenters. The van der Waals surface area contributed by atoms with E-state index in [1.807, 2.05) is 0 Å². The Bertz CT molecular complexity index is 578. The molecule has 0 saturated carbocycles. The summed E-state index contributed by atoms with van der Waals surface area (Å²) in [5, 5.41) is 4.14. The molecule has 0 aliphatic carbocycles. The van der Waals surface area contributed by atoms with E-state index in [0.29, 0.717) is 5.56 Å². The van der Waals surface area contributed by atoms with Gasteiger partial charge in [-0.1, -0.05) is 0 Å². The van der Waals surface area contributed by atoms with Crippen LogP contribution in [0, 0.1) is 5.82 Å². The van der Waals surface area contributed by atoms with Crippen molar-refractivity contribution >= 4 is 5.78 Å². The van der Waals surface area contributed by atoms with E-state index in [2.05, 4.69) is 5.10 Å². The van der Waals surface area contributed by atoms with Crippen LogP contribution in [0.1, 0.15) is 23.0 Å². The normalized spacial score (nSPS) is 10.4. The molecule has 0 saturated heterocycles. The number of hydrogen-bond acceptors (Lipinski definition) is 3. The second kappa shape index (κ2) is 5.00. The van der Waals surface area contributed by atoms with Gasteiger partial charge in [0, 0.05) is 19.3 Å². The summed E-state index contributed by atoms with van der Waals surface area (Å²) in [6, 6.07) is 5.67. The van der Waals surface area contributed by atoms with Crippen molar-refractivity contribution in [1.82, 2.24) is 9.78 Å². The highest BCUT2D eigenvalue weighted by atomic mass is 19.1. The number of aromatic nitrogens is 2. The maximum absolute atomic E-state index is 13.1. The number of aryl methyl sites for hydroxylation is 1. The minimum atomic E-state index is -0.434. The fourth-order valence-corrected chi connectivity index (χ4v) is 1.60. The number of halogens is 1. The molecule has 4 nitrogen and oxygen atoms in total. The number of hydrogen-bond donors (Lipinski definition) is 0. The van der Waals surface area contributed by atoms with Gasteiger partial charge < -0.3 is 4.74 Å². The summed E-state index contributed by atoms with van der Waals surface area (Å²) in [7, 11) is 1.80. The maximum Gasteiger partial charge on any atom is 0.163 e. The summed E-state index contributed by atoms with van der Waals surface area (Å²) < 4.78 is 20.2. The maximum atomic E-state index is 13.1. The molecule has 0 amide bonds. The van der Waals surface area contributed by atoms with E-state index in [1.165, 1.54) is 25.1 Å². The van der Waals surface area contributed by atoms with E-state index < -0.39 is 5.82 Å². The van der Waals surface area contributed by atoms with E-state index in [9.17, 15) is 9.18 Å². The third-order valence-corrected chi connectivity index (χ3v) is 2.47. The zero-order valence-corrected chi connectivity index (χ0v) is 10.2. The molecule has 0 aliphatic heterocycles. The van der Waals surface area contributed by atoms with Gasteiger partial charge in [0.25, 0.3) is 0 Å². The molecule has 94 valence electrons. The van der Waals surface area contributed by atoms with Gasteiger partial charge in [-0.15, -0.1) is 0 Å². The fraction of sp³-hybridized carbons (Fsp3) is 0.231. The second-order valence-electron chi connectivity index (χ2n) is 3.97. The zero-order chi connectivity index (χ0) is 13.1. The first-order valence-electron chi connectivity index (χ1n) is 5.48. The number of ether oxygens (including phenoxy) is 1. The van der Waals surface area contributed by atoms with Gasteiger partial charge in [0.15, 0.2) is 5.78 Å². The second-order valence-corrected chi connectivity index (χ2v) is 3.97. The lowest BCUT2D eigenvalue weighted by Gasteiger charge is -2.08. The number of rotatable bonds is 4. The van der Waals surface area contributed by atoms with Crippen LogP contribution in [-0.4, -0.2) is 15.6 Å². The Morgan fingerprint density at radius 2 is 2.22 bits per heavy atom. The fourth-order valence-electron chi connectivity index (χ4n) is 1.60. The van der Waals surface area contributed by atoms with E-state index in [1.54, 1.807) is 24.0 Å². The van der Waals surface area contributed by atoms with Crippen molar-refractivity contribution in [2.75, 3.05) is 0 Å². The van der Waals surface area contributed by atoms with E-state index in [0.717, 1.165) is 5.69 Å². The number of carbonyl (C=O) groups is 1. The lowest BCUT2D eigenvalue weighted by Crippen LogP contribution is -2.03. The Hall–Kier alpha value is -2.17. The van der Waals surface area contributed by atoms with Crippen LogP contribution in [0.15, 0.2) is 30.5 Å². The lowest BCUT2D eigenvalue weighted by atomic mass is 10.1. The van der Waals surface area contributed by atoms with Crippen LogP contribution in [0.2, 0.25) is 0 Å². The van der Waals surface area contributed by atoms with Crippen molar-refractivity contribution in [3.63, 3.8) is 0 Å². The lowest BCUT2D eigenvalue weighted by molar-refractivity contribution is 0.101. The van der Waals surface area contributed by atoms with Gasteiger partial charge in [0.05, 0.1) is 11.3 Å². The van der Waals surface area contributed by atoms with Gasteiger partial charge in [-0.3, -0.25) is 9.48 Å². The van der Waals surface area contributed by atoms with Gasteiger partial charge >= 0.3 is 0 Å². The number of carbonyl (C=O) groups excluding carboxylic acids is 1. The average Bonchev–Trinajstić information content (AvgIpc) is 2.72. The van der Waals surface area contributed by atoms with Crippen LogP contribution in [0.25, 0.3) is 0 Å². The monoisotopic (exact) mass is 248 g/mol. The van der Waals surface area contributed by atoms with Crippen LogP contribution in [0.3, 0.4) is 0 Å². The van der Waals surface area contributed by atoms with Crippen LogP contribution in [-0.2, 0) is 13.7 Å². The van der Waals surface area contributed by atoms with Gasteiger partial charge in [0.1, 0.15) is 18.2 Å². The molecular weight excluding hydrogens is 235 g/mol. The molecule has 2 aromatic rings. The summed E-state index contributed by atoms with van der Waals surface area (Å²) in [5.74, 6) is -0.352. The zero-order valence-electron chi connectivity index (χ0n) is 10.2. The highest BCUT2D eigenvalue weighted by Gasteiger charge is 2.10. The molecule has 0 atom stereocenters. The molecule has 0 bridgehead atoms. The molecule has 0 fully saturated rings. The van der Waals surface area contributed by atoms with E-state index >= 15 is 0 Å². The largest absolute Gasteiger partial charge is 0.486 e. The molecule has 2 rings (SSSR count). The summed E-state index contributed by atoms with van der Waals surface area (Å²) in [6.45, 7) is 1.62. The average molecular weight is 248 g/mol. The predicted molar refractivity (Wildman–Crippen MR) is 63.9 cm³/mol. The van der Waals surface area contributed by atoms with Gasteiger partial charge in [-0.05, 0) is 25.1 Å². The number of ketones is 1. The molecule has 0 aliphatic rings. The summed E-state index contributed by atoms with van der Waals surface area (Å²) in [4.78, 5) is 11.4. The minimum absolute atomic E-state index is 0.161. The highest BCUT2D eigenvalue weighted by Crippen LogP contribution is 2.21. The third kappa shape index (κ3) is 2.74. The van der Waals surface area contributed by atoms with Gasteiger partial charge in [-0.25, -0.2) is 4.39 Å². The Morgan fingerprint density at radius 3 is 2.83 bits per heavy atom. The Labute approximate surface area is 104 Å². The smallest absolute Gasteiger partial charge is 0.163 e. The van der Waals surface area contributed by atoms with Crippen molar-refractivity contribution in [1.29, 1.82) is 0 Å². The van der Waals surface area contributed by atoms with Crippen molar-refractivity contribution in [2.45, 2.75) is 13.5 Å². The first-order valence-corrected chi connectivity index (χ1v) is 5.48. The number of nitrogens with zero attached hydrogens (tertiary/aromatic N) is 2. The van der Waals surface area contributed by atoms with Crippen molar-refractivity contribution in [3.05, 3.63) is 47.5 Å². The topological polar surface area (TPSA) is 44.1 Å². The molecule has 0 N–H and O–H groups in total. The third-order valence-electron chi connectivity index (χ3n) is 2.47. The Balaban J connectivity index is 2.17. The first-order chi connectivity index (χ1) is 8.56. The van der Waals surface area contributed by atoms with Crippen LogP contribution >= 0.6 is 0 Å². The predicted octanol–water partition coefficient (Wildman–Crippen LogP) is 2.34. The Morgan fingerprint density at radius 1 is 1.44 bits per heavy atom. The molecular formula is C13H13FN2O2. The van der Waals surface area contributed by atoms with Crippen LogP contribution < -0.4 is 4.74 Å². The summed E-state index contributed by atoms with van der Waals surface area (Å²) in [6.07, 6.45) is 1.79. The van der Waals surface area contributed by atoms with Crippen molar-refractivity contribution in [3.8, 4) is 5.75 Å². The number of benzene rings is 1. The SMILES string of the molecule is CC(=O)c1ccc(F)cc1OCc1ccn(C)n1. The molecule has 0 spiro atoms. The van der Waals surface area contributed by atoms with Crippen molar-refractivity contribution in [2.24, 2.45) is 7.05 Å². The van der Waals surface area contributed by atoms with Crippen molar-refractivity contribution < 1.29 is 13.9 Å². The summed E-state index contributed by atoms with van der Waals surface area (Å²) in [5.41, 5.74) is 1.09. The standard InChI is InChI=1S/C13H13FN2O2/c1-9(17)12-4-3-10(14)7-13(12)18-8-11-5-6-16(2)15-11/h3-7H,8H2,1-2H3. The molecule has 1 aromatic heterocycles. The van der Waals surface area contributed by atoms with Crippen LogP contribution in [0.4, 0.5) is 4.39 Å². The first kappa shape index (κ1) is 12.3. The molecule has 1 aromatic carbocycles. The Kier molecular flexibility index (Phi) is 3.41. The van der Waals surface area contributed by atoms with E-state index in [4.69, 9.17) is 4.74 Å². The minimum Gasteiger partial charge on any atom is -0.486 e. The van der Waals surface area contributed by atoms with Gasteiger partial charge in [0.2, 0.25) is 0 Å². The highest BCUT2D eigenvalue weighted by molar-refractivity contribution is 5.96. The quantitative estimate of drug-likeness (QED) is 0.780. The summed E-state index contributed by atoms with van der Waals surface area (Å²) >= 11 is 0. The van der Waals surface area contributed by atoms with E-state index in [-0.39, 0.29) is 18.1 Å². The van der Waals surface area contributed by atoms with Gasteiger partial charge in [-0.2, -0.15) is 5.10 Å². The molecule has 1 heterocycles. The number of Topliss-reactive ketones (excluding diaryl/α,β-unsaturated/α-hetero) is 1. The molecule has 5 heteroatoms. The van der Waals surface area contributed by atoms with Crippen LogP contribution in [0.5, 0.6) is 5.75 Å². The molecule has 0 radical (unpaired) electrons. The molecule has 18 heavy (non-hydrogen) atoms.